The number of hydrogen-bond acceptors (Lipinski definition) is 1. The molecule has 0 fully saturated rings. The van der Waals surface area contributed by atoms with Crippen molar-refractivity contribution in [3.8, 4) is 5.69 Å². The molecule has 4 heteroatoms. The third kappa shape index (κ3) is 1.60. The predicted octanol–water partition coefficient (Wildman–Crippen LogP) is 4.04. The second-order valence-electron chi connectivity index (χ2n) is 4.42. The third-order valence-corrected chi connectivity index (χ3v) is 3.74. The second kappa shape index (κ2) is 3.96. The Balaban J connectivity index is 2.05. The Hall–Kier alpha value is -2.07. The molecule has 0 saturated carbocycles. The molecular weight excluding hydrogens is 302 g/mol. The molecule has 19 heavy (non-hydrogen) atoms. The van der Waals surface area contributed by atoms with Crippen LogP contribution in [0.3, 0.4) is 0 Å². The summed E-state index contributed by atoms with van der Waals surface area (Å²) < 4.78 is 5.26. The van der Waals surface area contributed by atoms with Crippen molar-refractivity contribution < 1.29 is 0 Å². The molecule has 0 N–H and O–H groups in total. The van der Waals surface area contributed by atoms with Gasteiger partial charge in [0.15, 0.2) is 0 Å². The molecule has 0 spiro atoms. The summed E-state index contributed by atoms with van der Waals surface area (Å²) in [5, 5.41) is 0. The Bertz CT molecular complexity index is 889. The summed E-state index contributed by atoms with van der Waals surface area (Å²) in [6.07, 6.45) is 4.09. The van der Waals surface area contributed by atoms with Gasteiger partial charge in [0.25, 0.3) is 0 Å². The highest BCUT2D eigenvalue weighted by molar-refractivity contribution is 9.10. The highest BCUT2D eigenvalue weighted by atomic mass is 79.9. The maximum atomic E-state index is 4.69. The Labute approximate surface area is 118 Å². The molecule has 0 amide bonds. The lowest BCUT2D eigenvalue weighted by molar-refractivity contribution is 1.08. The number of aromatic nitrogens is 3. The lowest BCUT2D eigenvalue weighted by atomic mass is 10.3. The summed E-state index contributed by atoms with van der Waals surface area (Å²) in [7, 11) is 0. The Morgan fingerprint density at radius 3 is 2.74 bits per heavy atom. The summed E-state index contributed by atoms with van der Waals surface area (Å²) in [4.78, 5) is 4.69. The van der Waals surface area contributed by atoms with E-state index >= 15 is 0 Å². The van der Waals surface area contributed by atoms with Gasteiger partial charge in [-0.25, -0.2) is 4.98 Å². The van der Waals surface area contributed by atoms with E-state index in [0.717, 1.165) is 27.0 Å². The van der Waals surface area contributed by atoms with Crippen LogP contribution < -0.4 is 0 Å². The first-order valence-electron chi connectivity index (χ1n) is 6.03. The molecule has 0 radical (unpaired) electrons. The topological polar surface area (TPSA) is 22.2 Å². The van der Waals surface area contributed by atoms with Crippen LogP contribution >= 0.6 is 15.9 Å². The number of hydrogen-bond donors (Lipinski definition) is 0. The van der Waals surface area contributed by atoms with Crippen molar-refractivity contribution in [3.05, 3.63) is 65.4 Å². The average Bonchev–Trinajstić information content (AvgIpc) is 2.97. The van der Waals surface area contributed by atoms with Gasteiger partial charge in [0.1, 0.15) is 0 Å². The first-order valence-corrected chi connectivity index (χ1v) is 6.82. The largest absolute Gasteiger partial charge is 0.286 e. The van der Waals surface area contributed by atoms with Gasteiger partial charge >= 0.3 is 0 Å². The number of fused-ring (bicyclic) bond motifs is 3. The minimum atomic E-state index is 0.930. The Morgan fingerprint density at radius 2 is 1.84 bits per heavy atom. The summed E-state index contributed by atoms with van der Waals surface area (Å²) in [6.45, 7) is 0. The minimum absolute atomic E-state index is 0.930. The van der Waals surface area contributed by atoms with Crippen molar-refractivity contribution in [2.24, 2.45) is 0 Å². The normalized spacial score (nSPS) is 11.4. The van der Waals surface area contributed by atoms with Crippen LogP contribution in [-0.2, 0) is 0 Å². The maximum absolute atomic E-state index is 4.69. The minimum Gasteiger partial charge on any atom is -0.286 e. The highest BCUT2D eigenvalue weighted by Crippen LogP contribution is 2.21. The van der Waals surface area contributed by atoms with Crippen molar-refractivity contribution in [1.29, 1.82) is 0 Å². The first-order chi connectivity index (χ1) is 9.33. The zero-order chi connectivity index (χ0) is 12.8. The fourth-order valence-electron chi connectivity index (χ4n) is 2.38. The highest BCUT2D eigenvalue weighted by Gasteiger charge is 2.09. The first kappa shape index (κ1) is 10.8. The molecule has 3 nitrogen and oxygen atoms in total. The SMILES string of the molecule is Brc1cccc(-n2ccn3c4ccccc4nc23)c1. The van der Waals surface area contributed by atoms with Crippen molar-refractivity contribution in [2.45, 2.75) is 0 Å². The smallest absolute Gasteiger partial charge is 0.219 e. The molecule has 0 atom stereocenters. The molecule has 92 valence electrons. The van der Waals surface area contributed by atoms with E-state index < -0.39 is 0 Å². The molecule has 4 rings (SSSR count). The van der Waals surface area contributed by atoms with E-state index in [4.69, 9.17) is 4.98 Å². The molecule has 4 aromatic rings. The van der Waals surface area contributed by atoms with Crippen LogP contribution in [0.15, 0.2) is 65.4 Å². The average molecular weight is 312 g/mol. The molecule has 0 aliphatic carbocycles. The van der Waals surface area contributed by atoms with E-state index in [0.29, 0.717) is 0 Å². The lowest BCUT2D eigenvalue weighted by Crippen LogP contribution is -1.93. The van der Waals surface area contributed by atoms with Crippen molar-refractivity contribution in [2.75, 3.05) is 0 Å². The van der Waals surface area contributed by atoms with Gasteiger partial charge in [0.2, 0.25) is 5.78 Å². The number of rotatable bonds is 1. The quantitative estimate of drug-likeness (QED) is 0.520. The van der Waals surface area contributed by atoms with E-state index in [1.807, 2.05) is 42.7 Å². The van der Waals surface area contributed by atoms with E-state index in [1.54, 1.807) is 0 Å². The van der Waals surface area contributed by atoms with Crippen LogP contribution in [0.1, 0.15) is 0 Å². The van der Waals surface area contributed by atoms with Crippen LogP contribution in [0.5, 0.6) is 0 Å². The number of para-hydroxylation sites is 2. The molecule has 2 aromatic carbocycles. The Kier molecular flexibility index (Phi) is 2.26. The van der Waals surface area contributed by atoms with Gasteiger partial charge in [0, 0.05) is 22.6 Å². The number of benzene rings is 2. The summed E-state index contributed by atoms with van der Waals surface area (Å²) >= 11 is 3.51. The molecule has 0 saturated heterocycles. The van der Waals surface area contributed by atoms with Crippen LogP contribution in [0.25, 0.3) is 22.5 Å². The van der Waals surface area contributed by atoms with Gasteiger partial charge in [-0.2, -0.15) is 0 Å². The number of halogens is 1. The molecule has 0 bridgehead atoms. The van der Waals surface area contributed by atoms with Gasteiger partial charge in [0.05, 0.1) is 11.0 Å². The van der Waals surface area contributed by atoms with E-state index in [-0.39, 0.29) is 0 Å². The van der Waals surface area contributed by atoms with Gasteiger partial charge in [-0.1, -0.05) is 34.1 Å². The lowest BCUT2D eigenvalue weighted by Gasteiger charge is -2.02. The van der Waals surface area contributed by atoms with Gasteiger partial charge in [-0.05, 0) is 30.3 Å². The second-order valence-corrected chi connectivity index (χ2v) is 5.33. The molecule has 0 unspecified atom stereocenters. The van der Waals surface area contributed by atoms with Gasteiger partial charge < -0.3 is 0 Å². The third-order valence-electron chi connectivity index (χ3n) is 3.24. The van der Waals surface area contributed by atoms with Crippen molar-refractivity contribution in [3.63, 3.8) is 0 Å². The maximum Gasteiger partial charge on any atom is 0.219 e. The van der Waals surface area contributed by atoms with Gasteiger partial charge in [-0.3, -0.25) is 8.97 Å². The fraction of sp³-hybridized carbons (Fsp3) is 0. The molecule has 2 heterocycles. The van der Waals surface area contributed by atoms with Crippen molar-refractivity contribution >= 4 is 32.7 Å². The number of imidazole rings is 2. The van der Waals surface area contributed by atoms with Crippen molar-refractivity contribution in [1.82, 2.24) is 14.0 Å². The van der Waals surface area contributed by atoms with Gasteiger partial charge in [-0.15, -0.1) is 0 Å². The van der Waals surface area contributed by atoms with Crippen LogP contribution in [0.4, 0.5) is 0 Å². The zero-order valence-corrected chi connectivity index (χ0v) is 11.6. The van der Waals surface area contributed by atoms with Crippen LogP contribution in [0, 0.1) is 0 Å². The molecular formula is C15H10BrN3. The molecule has 0 aliphatic rings. The standard InChI is InChI=1S/C15H10BrN3/c16-11-4-3-5-12(10-11)18-8-9-19-14-7-2-1-6-13(14)17-15(18)19/h1-10H. The van der Waals surface area contributed by atoms with E-state index in [9.17, 15) is 0 Å². The number of nitrogens with zero attached hydrogens (tertiary/aromatic N) is 3. The molecule has 2 aromatic heterocycles. The van der Waals surface area contributed by atoms with Crippen LogP contribution in [0.2, 0.25) is 0 Å². The monoisotopic (exact) mass is 311 g/mol. The van der Waals surface area contributed by atoms with E-state index in [2.05, 4.69) is 43.1 Å². The summed E-state index contributed by atoms with van der Waals surface area (Å²) in [5.41, 5.74) is 3.24. The predicted molar refractivity (Wildman–Crippen MR) is 79.7 cm³/mol. The molecule has 0 aliphatic heterocycles. The van der Waals surface area contributed by atoms with E-state index in [1.165, 1.54) is 0 Å². The Morgan fingerprint density at radius 1 is 0.947 bits per heavy atom. The zero-order valence-electron chi connectivity index (χ0n) is 9.99. The fourth-order valence-corrected chi connectivity index (χ4v) is 2.76. The summed E-state index contributed by atoms with van der Waals surface area (Å²) in [5.74, 6) is 0.930. The summed E-state index contributed by atoms with van der Waals surface area (Å²) in [6, 6.07) is 16.4. The van der Waals surface area contributed by atoms with Crippen LogP contribution in [-0.4, -0.2) is 14.0 Å².